The van der Waals surface area contributed by atoms with Gasteiger partial charge < -0.3 is 24.1 Å². The van der Waals surface area contributed by atoms with Crippen LogP contribution in [-0.4, -0.2) is 51.1 Å². The number of pyridine rings is 1. The van der Waals surface area contributed by atoms with E-state index in [1.54, 1.807) is 14.2 Å². The van der Waals surface area contributed by atoms with Gasteiger partial charge in [-0.2, -0.15) is 5.26 Å². The first-order valence-corrected chi connectivity index (χ1v) is 9.03. The summed E-state index contributed by atoms with van der Waals surface area (Å²) in [6.07, 6.45) is 1.65. The Labute approximate surface area is 158 Å². The number of nitriles is 1. The highest BCUT2D eigenvalue weighted by Crippen LogP contribution is 2.34. The van der Waals surface area contributed by atoms with Gasteiger partial charge in [-0.15, -0.1) is 0 Å². The van der Waals surface area contributed by atoms with Gasteiger partial charge in [0.15, 0.2) is 0 Å². The summed E-state index contributed by atoms with van der Waals surface area (Å²) in [6.45, 7) is 4.44. The molecule has 7 nitrogen and oxygen atoms in total. The summed E-state index contributed by atoms with van der Waals surface area (Å²) < 4.78 is 16.3. The molecule has 0 amide bonds. The van der Waals surface area contributed by atoms with E-state index in [0.717, 1.165) is 18.2 Å². The normalized spacial score (nSPS) is 16.3. The van der Waals surface area contributed by atoms with E-state index < -0.39 is 0 Å². The lowest BCUT2D eigenvalue weighted by Gasteiger charge is -2.40. The van der Waals surface area contributed by atoms with Crippen molar-refractivity contribution in [3.05, 3.63) is 34.1 Å². The molecule has 27 heavy (non-hydrogen) atoms. The third kappa shape index (κ3) is 3.92. The molecule has 1 aromatic carbocycles. The molecule has 1 aromatic heterocycles. The number of hydrogen-bond acceptors (Lipinski definition) is 6. The quantitative estimate of drug-likeness (QED) is 0.785. The van der Waals surface area contributed by atoms with Crippen molar-refractivity contribution in [2.24, 2.45) is 0 Å². The van der Waals surface area contributed by atoms with E-state index in [2.05, 4.69) is 22.9 Å². The molecule has 1 fully saturated rings. The lowest BCUT2D eigenvalue weighted by atomic mass is 9.92. The lowest BCUT2D eigenvalue weighted by molar-refractivity contribution is -0.0132. The summed E-state index contributed by atoms with van der Waals surface area (Å²) in [6, 6.07) is 7.58. The topological polar surface area (TPSA) is 87.6 Å². The van der Waals surface area contributed by atoms with Gasteiger partial charge in [0.2, 0.25) is 0 Å². The fourth-order valence-corrected chi connectivity index (χ4v) is 3.43. The number of aromatic nitrogens is 1. The Morgan fingerprint density at radius 2 is 2.00 bits per heavy atom. The number of fused-ring (bicyclic) bond motifs is 1. The Balaban J connectivity index is 2.04. The standard InChI is InChI=1S/C20H25N3O4/c1-20(26-3)6-8-23(9-7-20)18-15-12-14(27-11-10-25-2)4-5-17(15)22-19(24)16(18)13-21/h4-5,12H,6-11H2,1-3H3,(H,22,24). The molecule has 144 valence electrons. The SMILES string of the molecule is COCCOc1ccc2[nH]c(=O)c(C#N)c(N3CCC(C)(OC)CC3)c2c1. The van der Waals surface area contributed by atoms with Gasteiger partial charge >= 0.3 is 0 Å². The zero-order valence-electron chi connectivity index (χ0n) is 16.0. The summed E-state index contributed by atoms with van der Waals surface area (Å²) >= 11 is 0. The molecule has 0 atom stereocenters. The van der Waals surface area contributed by atoms with Gasteiger partial charge in [-0.25, -0.2) is 0 Å². The second-order valence-electron chi connectivity index (χ2n) is 6.98. The maximum Gasteiger partial charge on any atom is 0.268 e. The van der Waals surface area contributed by atoms with Crippen LogP contribution < -0.4 is 15.2 Å². The van der Waals surface area contributed by atoms with Crippen molar-refractivity contribution >= 4 is 16.6 Å². The van der Waals surface area contributed by atoms with Crippen molar-refractivity contribution < 1.29 is 14.2 Å². The van der Waals surface area contributed by atoms with Crippen molar-refractivity contribution in [3.63, 3.8) is 0 Å². The zero-order chi connectivity index (χ0) is 19.4. The molecule has 0 aliphatic carbocycles. The highest BCUT2D eigenvalue weighted by atomic mass is 16.5. The van der Waals surface area contributed by atoms with Gasteiger partial charge in [-0.05, 0) is 38.0 Å². The number of anilines is 1. The number of aromatic amines is 1. The molecule has 0 bridgehead atoms. The van der Waals surface area contributed by atoms with Gasteiger partial charge in [0.05, 0.1) is 23.4 Å². The van der Waals surface area contributed by atoms with Crippen LogP contribution in [0.5, 0.6) is 5.75 Å². The molecule has 2 aromatic rings. The average molecular weight is 371 g/mol. The molecule has 0 spiro atoms. The minimum absolute atomic E-state index is 0.137. The average Bonchev–Trinajstić information content (AvgIpc) is 2.68. The first-order valence-electron chi connectivity index (χ1n) is 9.03. The van der Waals surface area contributed by atoms with E-state index >= 15 is 0 Å². The number of ether oxygens (including phenoxy) is 3. The van der Waals surface area contributed by atoms with E-state index in [9.17, 15) is 10.1 Å². The van der Waals surface area contributed by atoms with E-state index in [1.807, 2.05) is 18.2 Å². The molecular weight excluding hydrogens is 346 g/mol. The molecular formula is C20H25N3O4. The minimum atomic E-state index is -0.367. The van der Waals surface area contributed by atoms with Crippen molar-refractivity contribution in [1.29, 1.82) is 5.26 Å². The van der Waals surface area contributed by atoms with Crippen LogP contribution in [0, 0.1) is 11.3 Å². The van der Waals surface area contributed by atoms with Crippen LogP contribution in [0.15, 0.2) is 23.0 Å². The van der Waals surface area contributed by atoms with Crippen LogP contribution in [-0.2, 0) is 9.47 Å². The number of rotatable bonds is 6. The van der Waals surface area contributed by atoms with Crippen LogP contribution in [0.3, 0.4) is 0 Å². The van der Waals surface area contributed by atoms with Gasteiger partial charge in [-0.3, -0.25) is 4.79 Å². The summed E-state index contributed by atoms with van der Waals surface area (Å²) in [5, 5.41) is 10.4. The largest absolute Gasteiger partial charge is 0.491 e. The van der Waals surface area contributed by atoms with E-state index in [-0.39, 0.29) is 16.7 Å². The van der Waals surface area contributed by atoms with Gasteiger partial charge in [0, 0.05) is 32.7 Å². The summed E-state index contributed by atoms with van der Waals surface area (Å²) in [4.78, 5) is 17.3. The lowest BCUT2D eigenvalue weighted by Crippen LogP contribution is -2.44. The molecule has 1 aliphatic heterocycles. The van der Waals surface area contributed by atoms with Gasteiger partial charge in [-0.1, -0.05) is 0 Å². The Morgan fingerprint density at radius 3 is 2.63 bits per heavy atom. The molecule has 2 heterocycles. The second kappa shape index (κ2) is 7.99. The number of H-pyrrole nitrogens is 1. The smallest absolute Gasteiger partial charge is 0.268 e. The number of piperidine rings is 1. The van der Waals surface area contributed by atoms with Gasteiger partial charge in [0.25, 0.3) is 5.56 Å². The van der Waals surface area contributed by atoms with Crippen molar-refractivity contribution in [3.8, 4) is 11.8 Å². The third-order valence-corrected chi connectivity index (χ3v) is 5.26. The molecule has 1 aliphatic rings. The molecule has 3 rings (SSSR count). The second-order valence-corrected chi connectivity index (χ2v) is 6.98. The first-order chi connectivity index (χ1) is 13.0. The summed E-state index contributed by atoms with van der Waals surface area (Å²) in [7, 11) is 3.35. The molecule has 1 N–H and O–H groups in total. The molecule has 7 heteroatoms. The fourth-order valence-electron chi connectivity index (χ4n) is 3.43. The highest BCUT2D eigenvalue weighted by molar-refractivity contribution is 5.95. The van der Waals surface area contributed by atoms with Crippen molar-refractivity contribution in [1.82, 2.24) is 4.98 Å². The Morgan fingerprint density at radius 1 is 1.26 bits per heavy atom. The minimum Gasteiger partial charge on any atom is -0.491 e. The highest BCUT2D eigenvalue weighted by Gasteiger charge is 2.31. The predicted octanol–water partition coefficient (Wildman–Crippen LogP) is 2.43. The maximum atomic E-state index is 12.4. The maximum absolute atomic E-state index is 12.4. The molecule has 1 saturated heterocycles. The number of benzene rings is 1. The predicted molar refractivity (Wildman–Crippen MR) is 104 cm³/mol. The van der Waals surface area contributed by atoms with Crippen LogP contribution in [0.1, 0.15) is 25.3 Å². The van der Waals surface area contributed by atoms with E-state index in [0.29, 0.717) is 43.3 Å². The number of methoxy groups -OCH3 is 2. The van der Waals surface area contributed by atoms with E-state index in [1.165, 1.54) is 0 Å². The van der Waals surface area contributed by atoms with Crippen LogP contribution in [0.4, 0.5) is 5.69 Å². The Bertz CT molecular complexity index is 908. The van der Waals surface area contributed by atoms with Crippen molar-refractivity contribution in [2.45, 2.75) is 25.4 Å². The number of hydrogen-bond donors (Lipinski definition) is 1. The van der Waals surface area contributed by atoms with Gasteiger partial charge in [0.1, 0.15) is 24.0 Å². The van der Waals surface area contributed by atoms with Crippen LogP contribution >= 0.6 is 0 Å². The number of nitrogens with one attached hydrogen (secondary N) is 1. The van der Waals surface area contributed by atoms with Crippen LogP contribution in [0.2, 0.25) is 0 Å². The monoisotopic (exact) mass is 371 g/mol. The molecule has 0 radical (unpaired) electrons. The molecule has 0 unspecified atom stereocenters. The third-order valence-electron chi connectivity index (χ3n) is 5.26. The fraction of sp³-hybridized carbons (Fsp3) is 0.500. The Kier molecular flexibility index (Phi) is 5.68. The Hall–Kier alpha value is -2.56. The number of nitrogens with zero attached hydrogens (tertiary/aromatic N) is 2. The summed E-state index contributed by atoms with van der Waals surface area (Å²) in [5.74, 6) is 0.676. The van der Waals surface area contributed by atoms with E-state index in [4.69, 9.17) is 14.2 Å². The first kappa shape index (κ1) is 19.2. The summed E-state index contributed by atoms with van der Waals surface area (Å²) in [5.41, 5.74) is 0.958. The molecule has 0 saturated carbocycles. The van der Waals surface area contributed by atoms with Crippen LogP contribution in [0.25, 0.3) is 10.9 Å². The zero-order valence-corrected chi connectivity index (χ0v) is 16.0. The van der Waals surface area contributed by atoms with Crippen molar-refractivity contribution in [2.75, 3.05) is 45.4 Å².